The van der Waals surface area contributed by atoms with Crippen LogP contribution in [-0.4, -0.2) is 22.6 Å². The second kappa shape index (κ2) is 7.28. The molecular weight excluding hydrogens is 278 g/mol. The third-order valence-electron chi connectivity index (χ3n) is 3.28. The van der Waals surface area contributed by atoms with E-state index in [1.807, 2.05) is 12.3 Å². The first-order valence-electron chi connectivity index (χ1n) is 6.96. The van der Waals surface area contributed by atoms with Gasteiger partial charge in [0.05, 0.1) is 5.56 Å². The second-order valence-electron chi connectivity index (χ2n) is 4.79. The number of aromatic carboxylic acids is 1. The molecule has 0 aliphatic rings. The maximum atomic E-state index is 10.3. The van der Waals surface area contributed by atoms with Gasteiger partial charge in [-0.15, -0.1) is 0 Å². The van der Waals surface area contributed by atoms with Crippen LogP contribution in [0.5, 0.6) is 0 Å². The Morgan fingerprint density at radius 1 is 1.09 bits per heavy atom. The number of H-pyrrole nitrogens is 1. The second-order valence-corrected chi connectivity index (χ2v) is 4.79. The summed E-state index contributed by atoms with van der Waals surface area (Å²) in [6.07, 6.45) is 2.99. The molecule has 5 nitrogen and oxygen atoms in total. The number of carboxylic acids is 1. The Morgan fingerprint density at radius 3 is 2.41 bits per heavy atom. The fraction of sp³-hybridized carbons (Fsp3) is 0.118. The summed E-state index contributed by atoms with van der Waals surface area (Å²) in [4.78, 5) is 13.6. The zero-order chi connectivity index (χ0) is 15.9. The van der Waals surface area contributed by atoms with E-state index in [0.717, 1.165) is 6.42 Å². The molecule has 22 heavy (non-hydrogen) atoms. The van der Waals surface area contributed by atoms with Crippen molar-refractivity contribution >= 4 is 22.6 Å². The summed E-state index contributed by atoms with van der Waals surface area (Å²) in [6.45, 7) is 0.710. The fourth-order valence-electron chi connectivity index (χ4n) is 2.19. The number of nitrogens with one attached hydrogen (secondary N) is 1. The normalized spacial score (nSPS) is 10.0. The molecule has 114 valence electrons. The minimum Gasteiger partial charge on any atom is -0.478 e. The summed E-state index contributed by atoms with van der Waals surface area (Å²) in [5.41, 5.74) is 13.8. The van der Waals surface area contributed by atoms with Crippen LogP contribution in [0.1, 0.15) is 15.9 Å². The number of benzene rings is 2. The molecule has 0 spiro atoms. The number of para-hydroxylation sites is 2. The van der Waals surface area contributed by atoms with Gasteiger partial charge < -0.3 is 21.6 Å². The highest BCUT2D eigenvalue weighted by atomic mass is 16.4. The topological polar surface area (TPSA) is 105 Å². The summed E-state index contributed by atoms with van der Waals surface area (Å²) in [5, 5.41) is 9.78. The van der Waals surface area contributed by atoms with Gasteiger partial charge in [-0.1, -0.05) is 30.3 Å². The van der Waals surface area contributed by atoms with Crippen LogP contribution in [0.2, 0.25) is 0 Å². The lowest BCUT2D eigenvalue weighted by atomic mass is 10.1. The number of anilines is 1. The van der Waals surface area contributed by atoms with Crippen LogP contribution >= 0.6 is 0 Å². The van der Waals surface area contributed by atoms with Gasteiger partial charge in [0.15, 0.2) is 0 Å². The predicted molar refractivity (Wildman–Crippen MR) is 88.9 cm³/mol. The van der Waals surface area contributed by atoms with Crippen LogP contribution in [0.15, 0.2) is 54.7 Å². The van der Waals surface area contributed by atoms with Crippen molar-refractivity contribution in [2.24, 2.45) is 5.73 Å². The number of nitrogens with two attached hydrogens (primary N) is 2. The lowest BCUT2D eigenvalue weighted by Gasteiger charge is -1.96. The highest BCUT2D eigenvalue weighted by Crippen LogP contribution is 2.17. The third-order valence-corrected chi connectivity index (χ3v) is 3.28. The molecule has 3 aromatic rings. The third kappa shape index (κ3) is 3.65. The maximum absolute atomic E-state index is 10.3. The Kier molecular flexibility index (Phi) is 5.16. The molecule has 0 saturated heterocycles. The van der Waals surface area contributed by atoms with E-state index in [-0.39, 0.29) is 5.56 Å². The van der Waals surface area contributed by atoms with E-state index in [2.05, 4.69) is 23.2 Å². The van der Waals surface area contributed by atoms with Crippen LogP contribution in [0.4, 0.5) is 5.69 Å². The Morgan fingerprint density at radius 2 is 1.77 bits per heavy atom. The Hall–Kier alpha value is -2.79. The quantitative estimate of drug-likeness (QED) is 0.558. The molecule has 0 aliphatic heterocycles. The van der Waals surface area contributed by atoms with Crippen molar-refractivity contribution in [1.82, 2.24) is 4.98 Å². The molecule has 0 unspecified atom stereocenters. The van der Waals surface area contributed by atoms with Gasteiger partial charge in [0.2, 0.25) is 0 Å². The SMILES string of the molecule is NCCc1c[nH]c2ccccc12.Nc1ccccc1C(=O)O. The summed E-state index contributed by atoms with van der Waals surface area (Å²) in [6, 6.07) is 14.6. The van der Waals surface area contributed by atoms with E-state index in [1.54, 1.807) is 18.2 Å². The minimum absolute atomic E-state index is 0.155. The Balaban J connectivity index is 0.000000164. The van der Waals surface area contributed by atoms with Crippen LogP contribution in [0.25, 0.3) is 10.9 Å². The first-order chi connectivity index (χ1) is 10.6. The number of carbonyl (C=O) groups is 1. The highest BCUT2D eigenvalue weighted by molar-refractivity contribution is 5.93. The summed E-state index contributed by atoms with van der Waals surface area (Å²) < 4.78 is 0. The molecule has 0 radical (unpaired) electrons. The number of hydrogen-bond donors (Lipinski definition) is 4. The lowest BCUT2D eigenvalue weighted by molar-refractivity contribution is 0.0698. The van der Waals surface area contributed by atoms with Crippen molar-refractivity contribution in [1.29, 1.82) is 0 Å². The molecule has 1 heterocycles. The van der Waals surface area contributed by atoms with Crippen LogP contribution < -0.4 is 11.5 Å². The van der Waals surface area contributed by atoms with Gasteiger partial charge in [-0.25, -0.2) is 4.79 Å². The van der Waals surface area contributed by atoms with E-state index >= 15 is 0 Å². The molecule has 0 bridgehead atoms. The first kappa shape index (κ1) is 15.6. The van der Waals surface area contributed by atoms with Crippen molar-refractivity contribution in [3.8, 4) is 0 Å². The number of hydrogen-bond acceptors (Lipinski definition) is 3. The van der Waals surface area contributed by atoms with E-state index in [9.17, 15) is 4.79 Å². The Bertz CT molecular complexity index is 765. The smallest absolute Gasteiger partial charge is 0.337 e. The minimum atomic E-state index is -0.988. The average Bonchev–Trinajstić information content (AvgIpc) is 2.92. The van der Waals surface area contributed by atoms with Gasteiger partial charge in [0.25, 0.3) is 0 Å². The van der Waals surface area contributed by atoms with Gasteiger partial charge in [0.1, 0.15) is 0 Å². The van der Waals surface area contributed by atoms with Gasteiger partial charge in [0, 0.05) is 22.8 Å². The standard InChI is InChI=1S/C10H12N2.C7H7NO2/c11-6-5-8-7-12-10-4-2-1-3-9(8)10;8-6-4-2-1-3-5(6)7(9)10/h1-4,7,12H,5-6,11H2;1-4H,8H2,(H,9,10). The van der Waals surface area contributed by atoms with Crippen molar-refractivity contribution in [2.45, 2.75) is 6.42 Å². The monoisotopic (exact) mass is 297 g/mol. The summed E-state index contributed by atoms with van der Waals surface area (Å²) in [5.74, 6) is -0.988. The molecule has 0 amide bonds. The predicted octanol–water partition coefficient (Wildman–Crippen LogP) is 2.64. The molecular formula is C17H19N3O2. The van der Waals surface area contributed by atoms with Crippen molar-refractivity contribution < 1.29 is 9.90 Å². The molecule has 0 atom stereocenters. The van der Waals surface area contributed by atoms with Crippen molar-refractivity contribution in [2.75, 3.05) is 12.3 Å². The molecule has 0 saturated carbocycles. The van der Waals surface area contributed by atoms with E-state index in [1.165, 1.54) is 22.5 Å². The van der Waals surface area contributed by atoms with Crippen LogP contribution in [0, 0.1) is 0 Å². The van der Waals surface area contributed by atoms with E-state index in [0.29, 0.717) is 12.2 Å². The number of nitrogen functional groups attached to an aromatic ring is 1. The summed E-state index contributed by atoms with van der Waals surface area (Å²) in [7, 11) is 0. The number of aromatic amines is 1. The largest absolute Gasteiger partial charge is 0.478 e. The van der Waals surface area contributed by atoms with Gasteiger partial charge in [-0.2, -0.15) is 0 Å². The summed E-state index contributed by atoms with van der Waals surface area (Å²) >= 11 is 0. The molecule has 6 N–H and O–H groups in total. The van der Waals surface area contributed by atoms with E-state index < -0.39 is 5.97 Å². The highest BCUT2D eigenvalue weighted by Gasteiger charge is 2.04. The average molecular weight is 297 g/mol. The number of carboxylic acid groups (broad SMARTS) is 1. The molecule has 5 heteroatoms. The number of rotatable bonds is 3. The maximum Gasteiger partial charge on any atom is 0.337 e. The van der Waals surface area contributed by atoms with Crippen molar-refractivity contribution in [3.63, 3.8) is 0 Å². The van der Waals surface area contributed by atoms with Crippen molar-refractivity contribution in [3.05, 3.63) is 65.9 Å². The molecule has 0 fully saturated rings. The molecule has 1 aromatic heterocycles. The first-order valence-corrected chi connectivity index (χ1v) is 6.96. The fourth-order valence-corrected chi connectivity index (χ4v) is 2.19. The number of aromatic nitrogens is 1. The van der Waals surface area contributed by atoms with Gasteiger partial charge in [-0.3, -0.25) is 0 Å². The zero-order valence-electron chi connectivity index (χ0n) is 12.1. The van der Waals surface area contributed by atoms with E-state index in [4.69, 9.17) is 16.6 Å². The molecule has 3 rings (SSSR count). The van der Waals surface area contributed by atoms with Gasteiger partial charge in [-0.05, 0) is 36.7 Å². The zero-order valence-corrected chi connectivity index (χ0v) is 12.1. The van der Waals surface area contributed by atoms with Crippen LogP contribution in [-0.2, 0) is 6.42 Å². The van der Waals surface area contributed by atoms with Crippen LogP contribution in [0.3, 0.4) is 0 Å². The molecule has 2 aromatic carbocycles. The molecule has 0 aliphatic carbocycles. The lowest BCUT2D eigenvalue weighted by Crippen LogP contribution is -2.01. The van der Waals surface area contributed by atoms with Gasteiger partial charge >= 0.3 is 5.97 Å². The number of fused-ring (bicyclic) bond motifs is 1. The Labute approximate surface area is 128 Å².